The molecule has 1 saturated heterocycles. The lowest BCUT2D eigenvalue weighted by Gasteiger charge is -2.22. The zero-order valence-corrected chi connectivity index (χ0v) is 17.4. The number of hydrogen-bond donors (Lipinski definition) is 1. The largest absolute Gasteiger partial charge is 0.366 e. The van der Waals surface area contributed by atoms with Crippen LogP contribution >= 0.6 is 0 Å². The maximum atomic E-state index is 12.9. The molecule has 0 aliphatic carbocycles. The molecular formula is C23H29N3O3. The quantitative estimate of drug-likeness (QED) is 0.523. The second kappa shape index (κ2) is 9.07. The third-order valence-corrected chi connectivity index (χ3v) is 5.55. The van der Waals surface area contributed by atoms with E-state index in [1.165, 1.54) is 6.07 Å². The topological polar surface area (TPSA) is 75.5 Å². The molecule has 1 fully saturated rings. The summed E-state index contributed by atoms with van der Waals surface area (Å²) in [5, 5.41) is 14.7. The number of nitrogens with zero attached hydrogens (tertiary/aromatic N) is 2. The highest BCUT2D eigenvalue weighted by Gasteiger charge is 2.23. The second-order valence-corrected chi connectivity index (χ2v) is 8.01. The molecule has 0 unspecified atom stereocenters. The Morgan fingerprint density at radius 1 is 1.10 bits per heavy atom. The van der Waals surface area contributed by atoms with Gasteiger partial charge in [-0.25, -0.2) is 0 Å². The molecule has 1 heterocycles. The molecule has 1 amide bonds. The Bertz CT molecular complexity index is 900. The summed E-state index contributed by atoms with van der Waals surface area (Å²) in [5.74, 6) is -0.0725. The summed E-state index contributed by atoms with van der Waals surface area (Å²) in [7, 11) is 0. The van der Waals surface area contributed by atoms with Crippen LogP contribution in [0.25, 0.3) is 0 Å². The second-order valence-electron chi connectivity index (χ2n) is 8.01. The lowest BCUT2D eigenvalue weighted by atomic mass is 9.98. The van der Waals surface area contributed by atoms with Gasteiger partial charge in [0.1, 0.15) is 5.69 Å². The Morgan fingerprint density at radius 2 is 1.79 bits per heavy atom. The van der Waals surface area contributed by atoms with E-state index in [0.717, 1.165) is 55.6 Å². The van der Waals surface area contributed by atoms with Gasteiger partial charge in [0.2, 0.25) is 0 Å². The fraction of sp³-hybridized carbons (Fsp3) is 0.435. The summed E-state index contributed by atoms with van der Waals surface area (Å²) in [6.07, 6.45) is 4.37. The lowest BCUT2D eigenvalue weighted by Crippen LogP contribution is -2.25. The fourth-order valence-corrected chi connectivity index (χ4v) is 3.92. The number of amides is 1. The van der Waals surface area contributed by atoms with Crippen molar-refractivity contribution in [2.24, 2.45) is 0 Å². The van der Waals surface area contributed by atoms with E-state index in [1.807, 2.05) is 25.1 Å². The minimum atomic E-state index is -0.385. The third-order valence-electron chi connectivity index (χ3n) is 5.55. The summed E-state index contributed by atoms with van der Waals surface area (Å²) < 4.78 is 0. The van der Waals surface area contributed by atoms with E-state index in [2.05, 4.69) is 24.1 Å². The molecule has 6 nitrogen and oxygen atoms in total. The van der Waals surface area contributed by atoms with Crippen LogP contribution in [-0.4, -0.2) is 23.9 Å². The minimum absolute atomic E-state index is 0.00610. The van der Waals surface area contributed by atoms with Crippen LogP contribution in [0.1, 0.15) is 66.9 Å². The number of nitrogens with one attached hydrogen (secondary N) is 1. The molecule has 0 saturated carbocycles. The van der Waals surface area contributed by atoms with Crippen molar-refractivity contribution in [2.45, 2.75) is 52.4 Å². The molecule has 1 aliphatic heterocycles. The summed E-state index contributed by atoms with van der Waals surface area (Å²) >= 11 is 0. The van der Waals surface area contributed by atoms with Crippen molar-refractivity contribution in [3.05, 3.63) is 63.2 Å². The molecule has 0 atom stereocenters. The van der Waals surface area contributed by atoms with Gasteiger partial charge in [0.05, 0.1) is 4.92 Å². The Hall–Kier alpha value is -2.89. The van der Waals surface area contributed by atoms with E-state index >= 15 is 0 Å². The number of benzene rings is 2. The SMILES string of the molecule is Cc1cccc(C(C)C)c1NC(=O)c1ccc(N2CCCCCC2)c([N+](=O)[O-])c1. The number of rotatable bonds is 5. The zero-order chi connectivity index (χ0) is 21.0. The van der Waals surface area contributed by atoms with Crippen LogP contribution in [0, 0.1) is 17.0 Å². The van der Waals surface area contributed by atoms with Gasteiger partial charge in [-0.15, -0.1) is 0 Å². The normalized spacial score (nSPS) is 14.6. The lowest BCUT2D eigenvalue weighted by molar-refractivity contribution is -0.384. The highest BCUT2D eigenvalue weighted by Crippen LogP contribution is 2.32. The van der Waals surface area contributed by atoms with Crippen molar-refractivity contribution in [1.82, 2.24) is 0 Å². The Kier molecular flexibility index (Phi) is 6.52. The summed E-state index contributed by atoms with van der Waals surface area (Å²) in [5.41, 5.74) is 3.70. The molecular weight excluding hydrogens is 366 g/mol. The molecule has 29 heavy (non-hydrogen) atoms. The van der Waals surface area contributed by atoms with Gasteiger partial charge in [0, 0.05) is 30.4 Å². The van der Waals surface area contributed by atoms with Crippen molar-refractivity contribution in [3.63, 3.8) is 0 Å². The predicted octanol–water partition coefficient (Wildman–Crippen LogP) is 5.66. The number of anilines is 2. The minimum Gasteiger partial charge on any atom is -0.366 e. The van der Waals surface area contributed by atoms with Gasteiger partial charge in [-0.3, -0.25) is 14.9 Å². The molecule has 0 spiro atoms. The predicted molar refractivity (Wildman–Crippen MR) is 117 cm³/mol. The van der Waals surface area contributed by atoms with Crippen molar-refractivity contribution in [1.29, 1.82) is 0 Å². The standard InChI is InChI=1S/C23H29N3O3/c1-16(2)19-10-8-9-17(3)22(19)24-23(27)18-11-12-20(21(15-18)26(28)29)25-13-6-4-5-7-14-25/h8-12,15-16H,4-7,13-14H2,1-3H3,(H,24,27). The van der Waals surface area contributed by atoms with Crippen molar-refractivity contribution >= 4 is 23.0 Å². The number of carbonyl (C=O) groups is 1. The molecule has 2 aromatic rings. The van der Waals surface area contributed by atoms with Crippen molar-refractivity contribution in [2.75, 3.05) is 23.3 Å². The molecule has 0 bridgehead atoms. The molecule has 2 aromatic carbocycles. The van der Waals surface area contributed by atoms with Crippen LogP contribution in [-0.2, 0) is 0 Å². The highest BCUT2D eigenvalue weighted by atomic mass is 16.6. The first-order chi connectivity index (χ1) is 13.9. The number of aryl methyl sites for hydroxylation is 1. The van der Waals surface area contributed by atoms with Gasteiger partial charge >= 0.3 is 0 Å². The van der Waals surface area contributed by atoms with Crippen molar-refractivity contribution in [3.8, 4) is 0 Å². The molecule has 154 valence electrons. The van der Waals surface area contributed by atoms with Gasteiger partial charge in [-0.05, 0) is 48.9 Å². The number of hydrogen-bond acceptors (Lipinski definition) is 4. The maximum Gasteiger partial charge on any atom is 0.293 e. The van der Waals surface area contributed by atoms with Crippen LogP contribution in [0.2, 0.25) is 0 Å². The molecule has 1 N–H and O–H groups in total. The number of para-hydroxylation sites is 1. The van der Waals surface area contributed by atoms with Crippen LogP contribution < -0.4 is 10.2 Å². The summed E-state index contributed by atoms with van der Waals surface area (Å²) in [6.45, 7) is 7.73. The van der Waals surface area contributed by atoms with Gasteiger partial charge in [-0.2, -0.15) is 0 Å². The van der Waals surface area contributed by atoms with Crippen molar-refractivity contribution < 1.29 is 9.72 Å². The first kappa shape index (κ1) is 20.8. The summed E-state index contributed by atoms with van der Waals surface area (Å²) in [4.78, 5) is 26.3. The smallest absolute Gasteiger partial charge is 0.293 e. The van der Waals surface area contributed by atoms with Crippen LogP contribution in [0.5, 0.6) is 0 Å². The van der Waals surface area contributed by atoms with E-state index in [4.69, 9.17) is 0 Å². The van der Waals surface area contributed by atoms with E-state index in [0.29, 0.717) is 11.3 Å². The van der Waals surface area contributed by atoms with E-state index in [-0.39, 0.29) is 22.4 Å². The van der Waals surface area contributed by atoms with Crippen LogP contribution in [0.4, 0.5) is 17.1 Å². The van der Waals surface area contributed by atoms with Gasteiger partial charge in [-0.1, -0.05) is 44.9 Å². The summed E-state index contributed by atoms with van der Waals surface area (Å²) in [6, 6.07) is 10.7. The molecule has 0 radical (unpaired) electrons. The average Bonchev–Trinajstić information content (AvgIpc) is 2.98. The average molecular weight is 396 g/mol. The van der Waals surface area contributed by atoms with Crippen LogP contribution in [0.3, 0.4) is 0 Å². The first-order valence-electron chi connectivity index (χ1n) is 10.3. The zero-order valence-electron chi connectivity index (χ0n) is 17.4. The Balaban J connectivity index is 1.91. The van der Waals surface area contributed by atoms with E-state index in [9.17, 15) is 14.9 Å². The molecule has 1 aliphatic rings. The van der Waals surface area contributed by atoms with E-state index in [1.54, 1.807) is 12.1 Å². The number of nitro groups is 1. The van der Waals surface area contributed by atoms with Crippen LogP contribution in [0.15, 0.2) is 36.4 Å². The van der Waals surface area contributed by atoms with E-state index < -0.39 is 0 Å². The fourth-order valence-electron chi connectivity index (χ4n) is 3.92. The Labute approximate surface area is 172 Å². The Morgan fingerprint density at radius 3 is 2.41 bits per heavy atom. The maximum absolute atomic E-state index is 12.9. The molecule has 3 rings (SSSR count). The van der Waals surface area contributed by atoms with Gasteiger partial charge < -0.3 is 10.2 Å². The number of nitro benzene ring substituents is 1. The first-order valence-corrected chi connectivity index (χ1v) is 10.3. The third kappa shape index (κ3) is 4.75. The molecule has 0 aromatic heterocycles. The van der Waals surface area contributed by atoms with Gasteiger partial charge in [0.15, 0.2) is 0 Å². The monoisotopic (exact) mass is 395 g/mol. The van der Waals surface area contributed by atoms with Gasteiger partial charge in [0.25, 0.3) is 11.6 Å². The molecule has 6 heteroatoms. The number of carbonyl (C=O) groups excluding carboxylic acids is 1. The highest BCUT2D eigenvalue weighted by molar-refractivity contribution is 6.06.